The van der Waals surface area contributed by atoms with Crippen molar-refractivity contribution in [3.63, 3.8) is 0 Å². The van der Waals surface area contributed by atoms with Crippen LogP contribution in [0.3, 0.4) is 0 Å². The van der Waals surface area contributed by atoms with Gasteiger partial charge in [0, 0.05) is 23.3 Å². The maximum absolute atomic E-state index is 5.94. The van der Waals surface area contributed by atoms with Crippen molar-refractivity contribution in [2.75, 3.05) is 14.2 Å². The molecule has 148 valence electrons. The zero-order chi connectivity index (χ0) is 20.9. The normalized spacial score (nSPS) is 10.7. The molecule has 0 saturated heterocycles. The van der Waals surface area contributed by atoms with E-state index in [9.17, 15) is 0 Å². The molecule has 29 heavy (non-hydrogen) atoms. The summed E-state index contributed by atoms with van der Waals surface area (Å²) in [6.45, 7) is 5.98. The summed E-state index contributed by atoms with van der Waals surface area (Å²) in [5.41, 5.74) is 2.89. The Morgan fingerprint density at radius 3 is 2.24 bits per heavy atom. The fourth-order valence-electron chi connectivity index (χ4n) is 2.79. The number of nitrogens with zero attached hydrogens (tertiary/aromatic N) is 1. The predicted octanol–water partition coefficient (Wildman–Crippen LogP) is 5.34. The molecule has 3 aromatic rings. The molecule has 0 amide bonds. The second kappa shape index (κ2) is 8.70. The van der Waals surface area contributed by atoms with E-state index in [0.29, 0.717) is 17.4 Å². The van der Waals surface area contributed by atoms with E-state index in [1.54, 1.807) is 14.2 Å². The first-order valence-electron chi connectivity index (χ1n) is 9.39. The minimum absolute atomic E-state index is 0.340. The average Bonchev–Trinajstić information content (AvgIpc) is 2.71. The van der Waals surface area contributed by atoms with Gasteiger partial charge in [-0.25, -0.2) is 4.98 Å². The SMILES string of the molecule is COc1cc(OC)c(C#Cc2ccccc2)c(-c2cccc(OC(C)(C)C)n2)c1. The molecule has 2 aromatic carbocycles. The van der Waals surface area contributed by atoms with Gasteiger partial charge in [0.1, 0.15) is 17.1 Å². The Bertz CT molecular complexity index is 1040. The highest BCUT2D eigenvalue weighted by Crippen LogP contribution is 2.35. The first kappa shape index (κ1) is 20.3. The summed E-state index contributed by atoms with van der Waals surface area (Å²) < 4.78 is 17.0. The molecule has 0 bridgehead atoms. The third-order valence-corrected chi connectivity index (χ3v) is 4.05. The van der Waals surface area contributed by atoms with Crippen molar-refractivity contribution in [1.29, 1.82) is 0 Å². The lowest BCUT2D eigenvalue weighted by Gasteiger charge is -2.20. The lowest BCUT2D eigenvalue weighted by atomic mass is 10.0. The molecule has 4 nitrogen and oxygen atoms in total. The Hall–Kier alpha value is -3.45. The monoisotopic (exact) mass is 387 g/mol. The highest BCUT2D eigenvalue weighted by atomic mass is 16.5. The second-order valence-electron chi connectivity index (χ2n) is 7.44. The Kier molecular flexibility index (Phi) is 6.09. The molecule has 0 aliphatic heterocycles. The number of ether oxygens (including phenoxy) is 3. The highest BCUT2D eigenvalue weighted by molar-refractivity contribution is 5.75. The van der Waals surface area contributed by atoms with E-state index in [2.05, 4.69) is 11.8 Å². The van der Waals surface area contributed by atoms with Crippen LogP contribution in [0.1, 0.15) is 31.9 Å². The molecule has 0 atom stereocenters. The van der Waals surface area contributed by atoms with Crippen molar-refractivity contribution in [2.24, 2.45) is 0 Å². The van der Waals surface area contributed by atoms with Crippen LogP contribution in [0.2, 0.25) is 0 Å². The van der Waals surface area contributed by atoms with Gasteiger partial charge in [-0.15, -0.1) is 0 Å². The molecule has 0 N–H and O–H groups in total. The molecule has 0 unspecified atom stereocenters. The number of pyridine rings is 1. The number of rotatable bonds is 4. The number of hydrogen-bond donors (Lipinski definition) is 0. The second-order valence-corrected chi connectivity index (χ2v) is 7.44. The Morgan fingerprint density at radius 2 is 1.59 bits per heavy atom. The van der Waals surface area contributed by atoms with Crippen LogP contribution in [-0.2, 0) is 0 Å². The van der Waals surface area contributed by atoms with Crippen molar-refractivity contribution in [3.8, 4) is 40.5 Å². The smallest absolute Gasteiger partial charge is 0.214 e. The third-order valence-electron chi connectivity index (χ3n) is 4.05. The van der Waals surface area contributed by atoms with E-state index in [0.717, 1.165) is 22.4 Å². The molecule has 3 rings (SSSR count). The van der Waals surface area contributed by atoms with Gasteiger partial charge in [0.2, 0.25) is 5.88 Å². The molecule has 0 aliphatic rings. The van der Waals surface area contributed by atoms with Gasteiger partial charge in [-0.05, 0) is 45.0 Å². The molecule has 0 fully saturated rings. The number of methoxy groups -OCH3 is 2. The minimum atomic E-state index is -0.340. The molecule has 1 heterocycles. The summed E-state index contributed by atoms with van der Waals surface area (Å²) in [4.78, 5) is 4.69. The van der Waals surface area contributed by atoms with Gasteiger partial charge in [-0.1, -0.05) is 36.1 Å². The van der Waals surface area contributed by atoms with Gasteiger partial charge < -0.3 is 14.2 Å². The third kappa shape index (κ3) is 5.30. The van der Waals surface area contributed by atoms with Gasteiger partial charge in [-0.2, -0.15) is 0 Å². The van der Waals surface area contributed by atoms with E-state index in [-0.39, 0.29) is 5.60 Å². The first-order chi connectivity index (χ1) is 13.9. The molecule has 0 aliphatic carbocycles. The standard InChI is InChI=1S/C25H25NO3/c1-25(2,3)29-24-13-9-12-22(26-24)21-16-19(27-4)17-23(28-5)20(21)15-14-18-10-7-6-8-11-18/h6-13,16-17H,1-5H3. The Labute approximate surface area is 172 Å². The molecule has 0 saturated carbocycles. The van der Waals surface area contributed by atoms with E-state index >= 15 is 0 Å². The van der Waals surface area contributed by atoms with Crippen LogP contribution in [0.5, 0.6) is 17.4 Å². The zero-order valence-corrected chi connectivity index (χ0v) is 17.4. The largest absolute Gasteiger partial charge is 0.497 e. The summed E-state index contributed by atoms with van der Waals surface area (Å²) >= 11 is 0. The highest BCUT2D eigenvalue weighted by Gasteiger charge is 2.16. The first-order valence-corrected chi connectivity index (χ1v) is 9.39. The van der Waals surface area contributed by atoms with Crippen LogP contribution >= 0.6 is 0 Å². The topological polar surface area (TPSA) is 40.6 Å². The van der Waals surface area contributed by atoms with E-state index < -0.39 is 0 Å². The van der Waals surface area contributed by atoms with Gasteiger partial charge in [0.15, 0.2) is 0 Å². The van der Waals surface area contributed by atoms with E-state index in [1.165, 1.54) is 0 Å². The zero-order valence-electron chi connectivity index (χ0n) is 17.4. The van der Waals surface area contributed by atoms with Crippen LogP contribution in [0.25, 0.3) is 11.3 Å². The fourth-order valence-corrected chi connectivity index (χ4v) is 2.79. The average molecular weight is 387 g/mol. The summed E-state index contributed by atoms with van der Waals surface area (Å²) in [6.07, 6.45) is 0. The molecule has 1 aromatic heterocycles. The van der Waals surface area contributed by atoms with Crippen molar-refractivity contribution in [1.82, 2.24) is 4.98 Å². The van der Waals surface area contributed by atoms with Crippen molar-refractivity contribution in [3.05, 3.63) is 71.8 Å². The Morgan fingerprint density at radius 1 is 0.828 bits per heavy atom. The fraction of sp³-hybridized carbons (Fsp3) is 0.240. The summed E-state index contributed by atoms with van der Waals surface area (Å²) in [5.74, 6) is 8.32. The van der Waals surface area contributed by atoms with Crippen LogP contribution in [-0.4, -0.2) is 24.8 Å². The number of aromatic nitrogens is 1. The minimum Gasteiger partial charge on any atom is -0.497 e. The van der Waals surface area contributed by atoms with Crippen molar-refractivity contribution >= 4 is 0 Å². The molecule has 4 heteroatoms. The van der Waals surface area contributed by atoms with Gasteiger partial charge >= 0.3 is 0 Å². The summed E-state index contributed by atoms with van der Waals surface area (Å²) in [6, 6.07) is 19.3. The van der Waals surface area contributed by atoms with Crippen LogP contribution < -0.4 is 14.2 Å². The van der Waals surface area contributed by atoms with Crippen LogP contribution in [0, 0.1) is 11.8 Å². The summed E-state index contributed by atoms with van der Waals surface area (Å²) in [7, 11) is 3.25. The maximum Gasteiger partial charge on any atom is 0.214 e. The van der Waals surface area contributed by atoms with E-state index in [1.807, 2.05) is 81.4 Å². The molecule has 0 spiro atoms. The number of hydrogen-bond acceptors (Lipinski definition) is 4. The number of benzene rings is 2. The van der Waals surface area contributed by atoms with Crippen molar-refractivity contribution < 1.29 is 14.2 Å². The van der Waals surface area contributed by atoms with Crippen molar-refractivity contribution in [2.45, 2.75) is 26.4 Å². The molecule has 0 radical (unpaired) electrons. The van der Waals surface area contributed by atoms with Crippen LogP contribution in [0.4, 0.5) is 0 Å². The lowest BCUT2D eigenvalue weighted by molar-refractivity contribution is 0.124. The van der Waals surface area contributed by atoms with Gasteiger partial charge in [-0.3, -0.25) is 0 Å². The maximum atomic E-state index is 5.94. The molecular weight excluding hydrogens is 362 g/mol. The lowest BCUT2D eigenvalue weighted by Crippen LogP contribution is -2.23. The van der Waals surface area contributed by atoms with Gasteiger partial charge in [0.25, 0.3) is 0 Å². The molecular formula is C25H25NO3. The van der Waals surface area contributed by atoms with Crippen LogP contribution in [0.15, 0.2) is 60.7 Å². The summed E-state index contributed by atoms with van der Waals surface area (Å²) in [5, 5.41) is 0. The predicted molar refractivity (Wildman–Crippen MR) is 116 cm³/mol. The Balaban J connectivity index is 2.15. The van der Waals surface area contributed by atoms with E-state index in [4.69, 9.17) is 19.2 Å². The quantitative estimate of drug-likeness (QED) is 0.567. The van der Waals surface area contributed by atoms with Gasteiger partial charge in [0.05, 0.1) is 25.5 Å².